The van der Waals surface area contributed by atoms with E-state index in [-0.39, 0.29) is 12.0 Å². The van der Waals surface area contributed by atoms with Gasteiger partial charge in [0.1, 0.15) is 0 Å². The number of hydrogen-bond donors (Lipinski definition) is 1. The van der Waals surface area contributed by atoms with Crippen LogP contribution in [0.25, 0.3) is 11.1 Å². The van der Waals surface area contributed by atoms with Gasteiger partial charge in [-0.1, -0.05) is 24.3 Å². The van der Waals surface area contributed by atoms with Gasteiger partial charge < -0.3 is 0 Å². The van der Waals surface area contributed by atoms with Crippen molar-refractivity contribution in [1.82, 2.24) is 9.71 Å². The maximum absolute atomic E-state index is 13.3. The van der Waals surface area contributed by atoms with Gasteiger partial charge >= 0.3 is 10.2 Å². The molecule has 0 unspecified atom stereocenters. The van der Waals surface area contributed by atoms with Crippen molar-refractivity contribution in [2.45, 2.75) is 29.7 Å². The molecule has 2 aliphatic rings. The van der Waals surface area contributed by atoms with Crippen LogP contribution in [-0.4, -0.2) is 31.7 Å². The number of nitriles is 2. The van der Waals surface area contributed by atoms with Gasteiger partial charge in [0.15, 0.2) is 0 Å². The molecule has 34 heavy (non-hydrogen) atoms. The van der Waals surface area contributed by atoms with Gasteiger partial charge in [-0.25, -0.2) is 0 Å². The molecule has 1 fully saturated rings. The van der Waals surface area contributed by atoms with Crippen LogP contribution in [0.1, 0.15) is 35.4 Å². The lowest BCUT2D eigenvalue weighted by molar-refractivity contribution is 0.326. The van der Waals surface area contributed by atoms with Crippen LogP contribution in [0.15, 0.2) is 65.8 Å². The van der Waals surface area contributed by atoms with E-state index in [9.17, 15) is 8.42 Å². The summed E-state index contributed by atoms with van der Waals surface area (Å²) in [5, 5.41) is 18.0. The number of hydrogen-bond acceptors (Lipinski definition) is 6. The number of fused-ring (bicyclic) bond motifs is 1. The summed E-state index contributed by atoms with van der Waals surface area (Å²) in [7, 11) is -3.74. The summed E-state index contributed by atoms with van der Waals surface area (Å²) in [5.74, 6) is 0.925. The molecule has 2 heterocycles. The highest BCUT2D eigenvalue weighted by Crippen LogP contribution is 2.43. The molecule has 0 bridgehead atoms. The van der Waals surface area contributed by atoms with E-state index >= 15 is 0 Å². The van der Waals surface area contributed by atoms with E-state index in [2.05, 4.69) is 21.8 Å². The molecule has 0 amide bonds. The molecule has 1 saturated carbocycles. The van der Waals surface area contributed by atoms with Gasteiger partial charge in [-0.15, -0.1) is 11.8 Å². The highest BCUT2D eigenvalue weighted by molar-refractivity contribution is 8.00. The van der Waals surface area contributed by atoms with Crippen molar-refractivity contribution in [2.24, 2.45) is 0 Å². The van der Waals surface area contributed by atoms with Gasteiger partial charge in [-0.3, -0.25) is 9.29 Å². The van der Waals surface area contributed by atoms with Crippen LogP contribution in [0.4, 0.5) is 5.69 Å². The van der Waals surface area contributed by atoms with Crippen molar-refractivity contribution in [3.63, 3.8) is 0 Å². The molecule has 5 rings (SSSR count). The topological polar surface area (TPSA) is 110 Å². The molecule has 0 saturated heterocycles. The Morgan fingerprint density at radius 1 is 0.971 bits per heavy atom. The first-order chi connectivity index (χ1) is 16.5. The lowest BCUT2D eigenvalue weighted by Gasteiger charge is -2.38. The third-order valence-corrected chi connectivity index (χ3v) is 8.96. The predicted octanol–water partition coefficient (Wildman–Crippen LogP) is 4.18. The normalized spacial score (nSPS) is 19.4. The van der Waals surface area contributed by atoms with Gasteiger partial charge in [-0.2, -0.15) is 23.7 Å². The van der Waals surface area contributed by atoms with E-state index in [1.165, 1.54) is 4.31 Å². The van der Waals surface area contributed by atoms with Gasteiger partial charge in [0.05, 0.1) is 35.1 Å². The first kappa shape index (κ1) is 22.4. The Hall–Kier alpha value is -3.37. The standard InChI is InChI=1S/C25H21N5O2S2/c26-13-17-1-5-19(6-2-17)21-11-22(12-21)29-34(31,32)30-9-10-33-25-23(15-28-16-24(25)30)20-7-3-18(14-27)4-8-20/h1-8,15-16,21-22,29H,9-12H2. The van der Waals surface area contributed by atoms with E-state index in [1.807, 2.05) is 24.3 Å². The first-order valence-electron chi connectivity index (χ1n) is 10.9. The van der Waals surface area contributed by atoms with Crippen LogP contribution in [0.5, 0.6) is 0 Å². The van der Waals surface area contributed by atoms with Gasteiger partial charge in [0.2, 0.25) is 0 Å². The third kappa shape index (κ3) is 4.26. The van der Waals surface area contributed by atoms with E-state index in [1.54, 1.807) is 48.4 Å². The molecule has 1 N–H and O–H groups in total. The molecular weight excluding hydrogens is 466 g/mol. The number of thioether (sulfide) groups is 1. The number of rotatable bonds is 5. The van der Waals surface area contributed by atoms with Crippen LogP contribution in [-0.2, 0) is 10.2 Å². The minimum absolute atomic E-state index is 0.127. The average molecular weight is 488 g/mol. The summed E-state index contributed by atoms with van der Waals surface area (Å²) in [4.78, 5) is 5.20. The van der Waals surface area contributed by atoms with Crippen molar-refractivity contribution < 1.29 is 8.42 Å². The zero-order valence-electron chi connectivity index (χ0n) is 18.2. The van der Waals surface area contributed by atoms with E-state index in [0.29, 0.717) is 29.1 Å². The Kier molecular flexibility index (Phi) is 6.01. The van der Waals surface area contributed by atoms with Crippen molar-refractivity contribution in [3.05, 3.63) is 77.6 Å². The van der Waals surface area contributed by atoms with Gasteiger partial charge in [0, 0.05) is 35.0 Å². The number of nitrogens with one attached hydrogen (secondary N) is 1. The lowest BCUT2D eigenvalue weighted by atomic mass is 9.76. The van der Waals surface area contributed by atoms with E-state index in [4.69, 9.17) is 10.5 Å². The van der Waals surface area contributed by atoms with Crippen LogP contribution < -0.4 is 9.03 Å². The quantitative estimate of drug-likeness (QED) is 0.578. The van der Waals surface area contributed by atoms with E-state index in [0.717, 1.165) is 34.4 Å². The molecule has 1 aliphatic carbocycles. The second-order valence-corrected chi connectivity index (χ2v) is 11.1. The number of anilines is 1. The molecule has 7 nitrogen and oxygen atoms in total. The van der Waals surface area contributed by atoms with Crippen molar-refractivity contribution in [2.75, 3.05) is 16.6 Å². The second kappa shape index (κ2) is 9.11. The Morgan fingerprint density at radius 2 is 1.62 bits per heavy atom. The summed E-state index contributed by atoms with van der Waals surface area (Å²) in [5.41, 5.74) is 4.65. The maximum Gasteiger partial charge on any atom is 0.301 e. The Morgan fingerprint density at radius 3 is 2.26 bits per heavy atom. The summed E-state index contributed by atoms with van der Waals surface area (Å²) < 4.78 is 30.9. The van der Waals surface area contributed by atoms with Gasteiger partial charge in [-0.05, 0) is 54.2 Å². The minimum Gasteiger partial charge on any atom is -0.262 e. The highest BCUT2D eigenvalue weighted by Gasteiger charge is 2.37. The number of pyridine rings is 1. The smallest absolute Gasteiger partial charge is 0.262 e. The van der Waals surface area contributed by atoms with Crippen LogP contribution in [0.2, 0.25) is 0 Å². The van der Waals surface area contributed by atoms with Gasteiger partial charge in [0.25, 0.3) is 0 Å². The molecule has 0 atom stereocenters. The van der Waals surface area contributed by atoms with Crippen LogP contribution in [0, 0.1) is 22.7 Å². The minimum atomic E-state index is -3.74. The van der Waals surface area contributed by atoms with Crippen molar-refractivity contribution in [1.29, 1.82) is 10.5 Å². The number of benzene rings is 2. The SMILES string of the molecule is N#Cc1ccc(-c2cncc3c2SCCN3S(=O)(=O)NC2CC(c3ccc(C#N)cc3)C2)cc1. The summed E-state index contributed by atoms with van der Waals surface area (Å²) >= 11 is 1.62. The molecule has 3 aromatic rings. The largest absolute Gasteiger partial charge is 0.301 e. The molecule has 1 aliphatic heterocycles. The average Bonchev–Trinajstić information content (AvgIpc) is 2.85. The maximum atomic E-state index is 13.3. The van der Waals surface area contributed by atoms with Crippen LogP contribution in [0.3, 0.4) is 0 Å². The molecule has 170 valence electrons. The molecule has 2 aromatic carbocycles. The molecule has 1 aromatic heterocycles. The number of nitrogens with zero attached hydrogens (tertiary/aromatic N) is 4. The number of aromatic nitrogens is 1. The first-order valence-corrected chi connectivity index (χ1v) is 13.3. The molecular formula is C25H21N5O2S2. The van der Waals surface area contributed by atoms with E-state index < -0.39 is 10.2 Å². The molecule has 0 radical (unpaired) electrons. The highest BCUT2D eigenvalue weighted by atomic mass is 32.2. The second-order valence-electron chi connectivity index (χ2n) is 8.37. The summed E-state index contributed by atoms with van der Waals surface area (Å²) in [6, 6.07) is 18.8. The Balaban J connectivity index is 1.33. The fraction of sp³-hybridized carbons (Fsp3) is 0.240. The monoisotopic (exact) mass is 487 g/mol. The van der Waals surface area contributed by atoms with Crippen molar-refractivity contribution in [3.8, 4) is 23.3 Å². The fourth-order valence-corrected chi connectivity index (χ4v) is 7.15. The Labute approximate surface area is 203 Å². The molecule has 9 heteroatoms. The third-order valence-electron chi connectivity index (χ3n) is 6.27. The Bertz CT molecular complexity index is 1400. The lowest BCUT2D eigenvalue weighted by Crippen LogP contribution is -2.51. The summed E-state index contributed by atoms with van der Waals surface area (Å²) in [6.07, 6.45) is 4.80. The predicted molar refractivity (Wildman–Crippen MR) is 131 cm³/mol. The fourth-order valence-electron chi connectivity index (χ4n) is 4.39. The zero-order chi connectivity index (χ0) is 23.7. The van der Waals surface area contributed by atoms with Crippen LogP contribution >= 0.6 is 11.8 Å². The zero-order valence-corrected chi connectivity index (χ0v) is 19.8. The summed E-state index contributed by atoms with van der Waals surface area (Å²) in [6.45, 7) is 0.372. The van der Waals surface area contributed by atoms with Crippen molar-refractivity contribution >= 4 is 27.7 Å². The molecule has 0 spiro atoms.